The van der Waals surface area contributed by atoms with E-state index in [2.05, 4.69) is 15.4 Å². The van der Waals surface area contributed by atoms with E-state index in [1.807, 2.05) is 6.92 Å². The number of carbonyl (C=O) groups excluding carboxylic acids is 2. The fourth-order valence-electron chi connectivity index (χ4n) is 2.14. The average Bonchev–Trinajstić information content (AvgIpc) is 2.60. The molecule has 0 aliphatic heterocycles. The Morgan fingerprint density at radius 2 is 1.70 bits per heavy atom. The molecular weight excluding hydrogens is 373 g/mol. The van der Waals surface area contributed by atoms with Crippen LogP contribution >= 0.6 is 0 Å². The molecular formula is C18H20FN3O4S. The zero-order valence-electron chi connectivity index (χ0n) is 14.9. The van der Waals surface area contributed by atoms with Gasteiger partial charge in [-0.05, 0) is 55.3 Å². The largest absolute Gasteiger partial charge is 0.346 e. The van der Waals surface area contributed by atoms with Crippen molar-refractivity contribution in [3.05, 3.63) is 59.4 Å². The maximum atomic E-state index is 13.0. The first-order chi connectivity index (χ1) is 12.7. The highest BCUT2D eigenvalue weighted by atomic mass is 32.2. The summed E-state index contributed by atoms with van der Waals surface area (Å²) in [6.45, 7) is 2.77. The number of halogens is 1. The molecule has 0 fully saturated rings. The van der Waals surface area contributed by atoms with E-state index in [0.717, 1.165) is 17.2 Å². The van der Waals surface area contributed by atoms with E-state index in [1.165, 1.54) is 30.3 Å². The van der Waals surface area contributed by atoms with Crippen LogP contribution in [0.4, 0.5) is 10.1 Å². The molecule has 9 heteroatoms. The van der Waals surface area contributed by atoms with E-state index in [1.54, 1.807) is 13.0 Å². The summed E-state index contributed by atoms with van der Waals surface area (Å²) >= 11 is 0. The van der Waals surface area contributed by atoms with Gasteiger partial charge in [0.25, 0.3) is 0 Å². The molecule has 2 aromatic carbocycles. The third-order valence-corrected chi connectivity index (χ3v) is 5.16. The van der Waals surface area contributed by atoms with Crippen molar-refractivity contribution in [2.45, 2.75) is 18.7 Å². The smallest absolute Gasteiger partial charge is 0.243 e. The highest BCUT2D eigenvalue weighted by Crippen LogP contribution is 2.14. The molecule has 0 spiro atoms. The van der Waals surface area contributed by atoms with Crippen LogP contribution in [0.15, 0.2) is 47.4 Å². The molecule has 0 atom stereocenters. The van der Waals surface area contributed by atoms with Gasteiger partial charge in [0.2, 0.25) is 21.8 Å². The molecule has 0 radical (unpaired) electrons. The normalized spacial score (nSPS) is 11.1. The van der Waals surface area contributed by atoms with Crippen LogP contribution in [0.25, 0.3) is 0 Å². The second kappa shape index (κ2) is 8.74. The van der Waals surface area contributed by atoms with Crippen molar-refractivity contribution < 1.29 is 22.4 Å². The van der Waals surface area contributed by atoms with Gasteiger partial charge in [-0.15, -0.1) is 0 Å². The van der Waals surface area contributed by atoms with Gasteiger partial charge in [-0.25, -0.2) is 17.5 Å². The van der Waals surface area contributed by atoms with Crippen molar-refractivity contribution >= 4 is 27.5 Å². The Morgan fingerprint density at radius 3 is 2.37 bits per heavy atom. The minimum atomic E-state index is -3.84. The number of aryl methyl sites for hydroxylation is 2. The maximum Gasteiger partial charge on any atom is 0.243 e. The van der Waals surface area contributed by atoms with Crippen molar-refractivity contribution in [2.24, 2.45) is 0 Å². The second-order valence-electron chi connectivity index (χ2n) is 5.91. The van der Waals surface area contributed by atoms with E-state index in [0.29, 0.717) is 0 Å². The number of hydrogen-bond acceptors (Lipinski definition) is 4. The maximum absolute atomic E-state index is 13.0. The number of carbonyl (C=O) groups is 2. The summed E-state index contributed by atoms with van der Waals surface area (Å²) < 4.78 is 39.6. The van der Waals surface area contributed by atoms with Gasteiger partial charge >= 0.3 is 0 Å². The lowest BCUT2D eigenvalue weighted by molar-refractivity contribution is -0.123. The van der Waals surface area contributed by atoms with Crippen LogP contribution in [-0.2, 0) is 19.6 Å². The highest BCUT2D eigenvalue weighted by molar-refractivity contribution is 7.89. The Hall–Kier alpha value is -2.78. The van der Waals surface area contributed by atoms with Crippen molar-refractivity contribution in [3.63, 3.8) is 0 Å². The first-order valence-electron chi connectivity index (χ1n) is 8.06. The molecule has 7 nitrogen and oxygen atoms in total. The molecule has 2 amide bonds. The molecule has 27 heavy (non-hydrogen) atoms. The molecule has 0 aliphatic carbocycles. The molecule has 2 aromatic rings. The first kappa shape index (κ1) is 20.5. The van der Waals surface area contributed by atoms with E-state index in [4.69, 9.17) is 0 Å². The number of benzene rings is 2. The van der Waals surface area contributed by atoms with Gasteiger partial charge in [-0.1, -0.05) is 12.1 Å². The Morgan fingerprint density at radius 1 is 0.963 bits per heavy atom. The number of rotatable bonds is 7. The molecule has 144 valence electrons. The second-order valence-corrected chi connectivity index (χ2v) is 7.67. The number of nitrogens with one attached hydrogen (secondary N) is 3. The Labute approximate surface area is 157 Å². The summed E-state index contributed by atoms with van der Waals surface area (Å²) in [5, 5.41) is 4.71. The van der Waals surface area contributed by atoms with Crippen molar-refractivity contribution in [1.82, 2.24) is 10.0 Å². The molecule has 0 saturated heterocycles. The van der Waals surface area contributed by atoms with Gasteiger partial charge < -0.3 is 10.6 Å². The number of amides is 2. The fourth-order valence-corrected chi connectivity index (χ4v) is 3.20. The predicted octanol–water partition coefficient (Wildman–Crippen LogP) is 1.48. The number of anilines is 1. The Bertz CT molecular complexity index is 961. The van der Waals surface area contributed by atoms with Crippen LogP contribution in [0.5, 0.6) is 0 Å². The quantitative estimate of drug-likeness (QED) is 0.663. The summed E-state index contributed by atoms with van der Waals surface area (Å²) in [6, 6.07) is 9.96. The van der Waals surface area contributed by atoms with Crippen LogP contribution in [0, 0.1) is 19.7 Å². The van der Waals surface area contributed by atoms with E-state index in [-0.39, 0.29) is 17.1 Å². The molecule has 2 rings (SSSR count). The molecule has 0 aromatic heterocycles. The predicted molar refractivity (Wildman–Crippen MR) is 99.1 cm³/mol. The van der Waals surface area contributed by atoms with E-state index < -0.39 is 34.2 Å². The van der Waals surface area contributed by atoms with Crippen molar-refractivity contribution in [1.29, 1.82) is 0 Å². The standard InChI is InChI=1S/C18H20FN3O4S/c1-12-6-7-16(8-13(12)2)27(25,26)21-11-17(23)20-10-18(24)22-15-5-3-4-14(19)9-15/h3-9,21H,10-11H2,1-2H3,(H,20,23)(H,22,24). The monoisotopic (exact) mass is 393 g/mol. The number of sulfonamides is 1. The number of hydrogen-bond donors (Lipinski definition) is 3. The van der Waals surface area contributed by atoms with Crippen molar-refractivity contribution in [3.8, 4) is 0 Å². The fraction of sp³-hybridized carbons (Fsp3) is 0.222. The van der Waals surface area contributed by atoms with Gasteiger partial charge in [-0.2, -0.15) is 0 Å². The van der Waals surface area contributed by atoms with Gasteiger partial charge in [0, 0.05) is 5.69 Å². The van der Waals surface area contributed by atoms with Gasteiger partial charge in [0.15, 0.2) is 0 Å². The lowest BCUT2D eigenvalue weighted by Crippen LogP contribution is -2.40. The molecule has 3 N–H and O–H groups in total. The highest BCUT2D eigenvalue weighted by Gasteiger charge is 2.16. The lowest BCUT2D eigenvalue weighted by atomic mass is 10.1. The van der Waals surface area contributed by atoms with E-state index in [9.17, 15) is 22.4 Å². The first-order valence-corrected chi connectivity index (χ1v) is 9.55. The molecule has 0 aliphatic rings. The summed E-state index contributed by atoms with van der Waals surface area (Å²) in [4.78, 5) is 23.6. The molecule has 0 heterocycles. The van der Waals surface area contributed by atoms with Gasteiger partial charge in [0.1, 0.15) is 5.82 Å². The zero-order valence-corrected chi connectivity index (χ0v) is 15.7. The van der Waals surface area contributed by atoms with Crippen LogP contribution in [0.3, 0.4) is 0 Å². The summed E-state index contributed by atoms with van der Waals surface area (Å²) in [7, 11) is -3.84. The van der Waals surface area contributed by atoms with Crippen LogP contribution < -0.4 is 15.4 Å². The summed E-state index contributed by atoms with van der Waals surface area (Å²) in [6.07, 6.45) is 0. The third kappa shape index (κ3) is 6.15. The van der Waals surface area contributed by atoms with Gasteiger partial charge in [-0.3, -0.25) is 9.59 Å². The Kier molecular flexibility index (Phi) is 6.65. The van der Waals surface area contributed by atoms with Crippen LogP contribution in [-0.4, -0.2) is 33.3 Å². The topological polar surface area (TPSA) is 104 Å². The molecule has 0 saturated carbocycles. The van der Waals surface area contributed by atoms with E-state index >= 15 is 0 Å². The van der Waals surface area contributed by atoms with Crippen LogP contribution in [0.2, 0.25) is 0 Å². The summed E-state index contributed by atoms with van der Waals surface area (Å²) in [5.74, 6) is -1.74. The Balaban J connectivity index is 1.83. The molecule has 0 bridgehead atoms. The minimum Gasteiger partial charge on any atom is -0.346 e. The molecule has 0 unspecified atom stereocenters. The third-order valence-electron chi connectivity index (χ3n) is 3.77. The lowest BCUT2D eigenvalue weighted by Gasteiger charge is -2.10. The zero-order chi connectivity index (χ0) is 20.0. The average molecular weight is 393 g/mol. The SMILES string of the molecule is Cc1ccc(S(=O)(=O)NCC(=O)NCC(=O)Nc2cccc(F)c2)cc1C. The summed E-state index contributed by atoms with van der Waals surface area (Å²) in [5.41, 5.74) is 2.03. The van der Waals surface area contributed by atoms with Gasteiger partial charge in [0.05, 0.1) is 18.0 Å². The van der Waals surface area contributed by atoms with Crippen LogP contribution in [0.1, 0.15) is 11.1 Å². The minimum absolute atomic E-state index is 0.0576. The van der Waals surface area contributed by atoms with Crippen molar-refractivity contribution in [2.75, 3.05) is 18.4 Å².